The summed E-state index contributed by atoms with van der Waals surface area (Å²) >= 11 is 0. The predicted molar refractivity (Wildman–Crippen MR) is 71.9 cm³/mol. The average molecular weight is 262 g/mol. The van der Waals surface area contributed by atoms with Gasteiger partial charge in [-0.25, -0.2) is 4.79 Å². The zero-order valence-corrected chi connectivity index (χ0v) is 10.9. The zero-order valence-electron chi connectivity index (χ0n) is 10.9. The number of aromatic amines is 1. The van der Waals surface area contributed by atoms with Gasteiger partial charge in [0.05, 0.1) is 11.6 Å². The summed E-state index contributed by atoms with van der Waals surface area (Å²) in [6.07, 6.45) is 2.18. The van der Waals surface area contributed by atoms with Crippen LogP contribution in [0.2, 0.25) is 0 Å². The van der Waals surface area contributed by atoms with Gasteiger partial charge in [-0.2, -0.15) is 0 Å². The molecule has 0 radical (unpaired) electrons. The van der Waals surface area contributed by atoms with Crippen molar-refractivity contribution in [3.05, 3.63) is 34.3 Å². The Bertz CT molecular complexity index is 631. The lowest BCUT2D eigenvalue weighted by Gasteiger charge is -2.23. The van der Waals surface area contributed by atoms with Crippen molar-refractivity contribution in [2.24, 2.45) is 11.7 Å². The van der Waals surface area contributed by atoms with Gasteiger partial charge in [0, 0.05) is 18.6 Å². The molecule has 1 aromatic heterocycles. The summed E-state index contributed by atoms with van der Waals surface area (Å²) in [5, 5.41) is 0. The summed E-state index contributed by atoms with van der Waals surface area (Å²) in [6, 6.07) is 5.55. The number of rotatable bonds is 3. The fourth-order valence-corrected chi connectivity index (χ4v) is 2.91. The number of hydrogen-bond acceptors (Lipinski definition) is 4. The van der Waals surface area contributed by atoms with Gasteiger partial charge < -0.3 is 14.9 Å². The first-order valence-corrected chi connectivity index (χ1v) is 6.69. The van der Waals surface area contributed by atoms with Crippen LogP contribution in [0.25, 0.3) is 11.1 Å². The molecule has 1 aromatic carbocycles. The van der Waals surface area contributed by atoms with E-state index in [1.54, 1.807) is 0 Å². The highest BCUT2D eigenvalue weighted by molar-refractivity contribution is 5.72. The summed E-state index contributed by atoms with van der Waals surface area (Å²) in [7, 11) is 0. The van der Waals surface area contributed by atoms with Crippen LogP contribution in [0.15, 0.2) is 27.4 Å². The van der Waals surface area contributed by atoms with Crippen LogP contribution in [-0.4, -0.2) is 17.7 Å². The lowest BCUT2D eigenvalue weighted by molar-refractivity contribution is 0.0813. The van der Waals surface area contributed by atoms with E-state index in [0.717, 1.165) is 25.0 Å². The van der Waals surface area contributed by atoms with E-state index in [1.807, 2.05) is 18.2 Å². The highest BCUT2D eigenvalue weighted by Crippen LogP contribution is 2.33. The van der Waals surface area contributed by atoms with Gasteiger partial charge in [-0.3, -0.25) is 4.98 Å². The van der Waals surface area contributed by atoms with Gasteiger partial charge in [0.1, 0.15) is 0 Å². The number of aromatic nitrogens is 1. The molecule has 3 atom stereocenters. The van der Waals surface area contributed by atoms with Crippen LogP contribution in [0.1, 0.15) is 31.4 Å². The lowest BCUT2D eigenvalue weighted by Crippen LogP contribution is -2.27. The minimum Gasteiger partial charge on any atom is -0.408 e. The minimum absolute atomic E-state index is 0.0861. The van der Waals surface area contributed by atoms with E-state index in [-0.39, 0.29) is 12.1 Å². The first-order chi connectivity index (χ1) is 9.19. The molecule has 1 aliphatic heterocycles. The van der Waals surface area contributed by atoms with Crippen molar-refractivity contribution in [3.63, 3.8) is 0 Å². The van der Waals surface area contributed by atoms with E-state index in [2.05, 4.69) is 11.9 Å². The van der Waals surface area contributed by atoms with Crippen molar-refractivity contribution in [1.82, 2.24) is 4.98 Å². The zero-order chi connectivity index (χ0) is 13.4. The molecule has 5 heteroatoms. The van der Waals surface area contributed by atoms with Crippen LogP contribution in [0.4, 0.5) is 0 Å². The summed E-state index contributed by atoms with van der Waals surface area (Å²) < 4.78 is 10.8. The Labute approximate surface area is 110 Å². The number of ether oxygens (including phenoxy) is 1. The Morgan fingerprint density at radius 1 is 1.53 bits per heavy atom. The molecule has 0 bridgehead atoms. The van der Waals surface area contributed by atoms with Crippen LogP contribution in [0.3, 0.4) is 0 Å². The van der Waals surface area contributed by atoms with E-state index in [9.17, 15) is 4.79 Å². The number of benzene rings is 1. The fraction of sp³-hybridized carbons (Fsp3) is 0.500. The summed E-state index contributed by atoms with van der Waals surface area (Å²) in [6.45, 7) is 2.89. The third kappa shape index (κ3) is 2.19. The molecule has 5 nitrogen and oxygen atoms in total. The fourth-order valence-electron chi connectivity index (χ4n) is 2.91. The Morgan fingerprint density at radius 2 is 2.37 bits per heavy atom. The van der Waals surface area contributed by atoms with Crippen molar-refractivity contribution in [1.29, 1.82) is 0 Å². The molecule has 102 valence electrons. The van der Waals surface area contributed by atoms with Gasteiger partial charge in [-0.05, 0) is 30.5 Å². The normalized spacial score (nSPS) is 24.9. The average Bonchev–Trinajstić information content (AvgIpc) is 3.01. The standard InChI is InChI=1S/C14H18N2O3/c1-2-11-9(5-6-18-11)13(15)8-3-4-10-12(7-8)19-14(17)16-10/h3-4,7,9,11,13H,2,5-6,15H2,1H3,(H,16,17). The highest BCUT2D eigenvalue weighted by atomic mass is 16.5. The third-order valence-electron chi connectivity index (χ3n) is 3.95. The monoisotopic (exact) mass is 262 g/mol. The maximum atomic E-state index is 11.2. The Hall–Kier alpha value is -1.59. The first-order valence-electron chi connectivity index (χ1n) is 6.69. The first kappa shape index (κ1) is 12.4. The van der Waals surface area contributed by atoms with Crippen molar-refractivity contribution >= 4 is 11.1 Å². The predicted octanol–water partition coefficient (Wildman–Crippen LogP) is 1.94. The second-order valence-electron chi connectivity index (χ2n) is 5.07. The van der Waals surface area contributed by atoms with Gasteiger partial charge in [0.15, 0.2) is 5.58 Å². The molecule has 1 aliphatic rings. The SMILES string of the molecule is CCC1OCCC1C(N)c1ccc2[nH]c(=O)oc2c1. The van der Waals surface area contributed by atoms with Crippen molar-refractivity contribution in [3.8, 4) is 0 Å². The molecule has 1 fully saturated rings. The molecular formula is C14H18N2O3. The quantitative estimate of drug-likeness (QED) is 0.885. The Morgan fingerprint density at radius 3 is 3.16 bits per heavy atom. The second-order valence-corrected chi connectivity index (χ2v) is 5.07. The lowest BCUT2D eigenvalue weighted by atomic mass is 9.87. The van der Waals surface area contributed by atoms with Crippen LogP contribution in [0.5, 0.6) is 0 Å². The van der Waals surface area contributed by atoms with Crippen LogP contribution >= 0.6 is 0 Å². The molecule has 3 rings (SSSR count). The number of H-pyrrole nitrogens is 1. The Balaban J connectivity index is 1.92. The van der Waals surface area contributed by atoms with Gasteiger partial charge in [0.2, 0.25) is 0 Å². The third-order valence-corrected chi connectivity index (χ3v) is 3.95. The van der Waals surface area contributed by atoms with Crippen molar-refractivity contribution < 1.29 is 9.15 Å². The van der Waals surface area contributed by atoms with Gasteiger partial charge in [-0.1, -0.05) is 13.0 Å². The summed E-state index contributed by atoms with van der Waals surface area (Å²) in [4.78, 5) is 13.8. The van der Waals surface area contributed by atoms with Crippen LogP contribution in [-0.2, 0) is 4.74 Å². The van der Waals surface area contributed by atoms with E-state index >= 15 is 0 Å². The van der Waals surface area contributed by atoms with E-state index in [1.165, 1.54) is 0 Å². The molecule has 2 heterocycles. The van der Waals surface area contributed by atoms with E-state index in [4.69, 9.17) is 14.9 Å². The number of oxazole rings is 1. The molecule has 1 saturated heterocycles. The number of fused-ring (bicyclic) bond motifs is 1. The highest BCUT2D eigenvalue weighted by Gasteiger charge is 2.32. The Kier molecular flexibility index (Phi) is 3.16. The summed E-state index contributed by atoms with van der Waals surface area (Å²) in [5.41, 5.74) is 8.61. The molecule has 3 unspecified atom stereocenters. The second kappa shape index (κ2) is 4.83. The molecule has 3 N–H and O–H groups in total. The van der Waals surface area contributed by atoms with Crippen molar-refractivity contribution in [2.45, 2.75) is 31.9 Å². The van der Waals surface area contributed by atoms with Crippen LogP contribution in [0, 0.1) is 5.92 Å². The maximum absolute atomic E-state index is 11.2. The summed E-state index contributed by atoms with van der Waals surface area (Å²) in [5.74, 6) is -0.107. The van der Waals surface area contributed by atoms with E-state index < -0.39 is 5.76 Å². The largest absolute Gasteiger partial charge is 0.417 e. The molecule has 2 aromatic rings. The molecule has 0 amide bonds. The molecular weight excluding hydrogens is 244 g/mol. The smallest absolute Gasteiger partial charge is 0.408 e. The van der Waals surface area contributed by atoms with Gasteiger partial charge >= 0.3 is 5.76 Å². The van der Waals surface area contributed by atoms with E-state index in [0.29, 0.717) is 17.0 Å². The number of nitrogens with one attached hydrogen (secondary N) is 1. The minimum atomic E-state index is -0.434. The number of hydrogen-bond donors (Lipinski definition) is 2. The molecule has 0 spiro atoms. The maximum Gasteiger partial charge on any atom is 0.417 e. The molecule has 0 aliphatic carbocycles. The van der Waals surface area contributed by atoms with Crippen molar-refractivity contribution in [2.75, 3.05) is 6.61 Å². The van der Waals surface area contributed by atoms with Crippen LogP contribution < -0.4 is 11.5 Å². The molecule has 19 heavy (non-hydrogen) atoms. The topological polar surface area (TPSA) is 81.2 Å². The number of nitrogens with two attached hydrogens (primary N) is 1. The van der Waals surface area contributed by atoms with Gasteiger partial charge in [0.25, 0.3) is 0 Å². The molecule has 0 saturated carbocycles. The van der Waals surface area contributed by atoms with Gasteiger partial charge in [-0.15, -0.1) is 0 Å².